The molecule has 1 unspecified atom stereocenters. The molecular weight excluding hydrogens is 356 g/mol. The quantitative estimate of drug-likeness (QED) is 0.755. The second-order valence-electron chi connectivity index (χ2n) is 5.58. The van der Waals surface area contributed by atoms with Crippen LogP contribution in [0.3, 0.4) is 0 Å². The van der Waals surface area contributed by atoms with E-state index >= 15 is 0 Å². The van der Waals surface area contributed by atoms with E-state index in [1.165, 1.54) is 4.90 Å². The lowest BCUT2D eigenvalue weighted by Gasteiger charge is -2.20. The van der Waals surface area contributed by atoms with Gasteiger partial charge in [-0.2, -0.15) is 0 Å². The number of hydrogen-bond acceptors (Lipinski definition) is 4. The Morgan fingerprint density at radius 1 is 1.44 bits per heavy atom. The predicted octanol–water partition coefficient (Wildman–Crippen LogP) is 1.57. The van der Waals surface area contributed by atoms with Gasteiger partial charge in [0, 0.05) is 13.0 Å². The number of para-hydroxylation sites is 2. The van der Waals surface area contributed by atoms with Gasteiger partial charge < -0.3 is 20.7 Å². The van der Waals surface area contributed by atoms with Gasteiger partial charge in [0.05, 0.1) is 31.3 Å². The van der Waals surface area contributed by atoms with E-state index in [1.54, 1.807) is 24.3 Å². The Balaban J connectivity index is 0.00000312. The lowest BCUT2D eigenvalue weighted by atomic mass is 10.1. The van der Waals surface area contributed by atoms with Crippen molar-refractivity contribution in [3.63, 3.8) is 0 Å². The first-order valence-corrected chi connectivity index (χ1v) is 7.75. The van der Waals surface area contributed by atoms with E-state index in [2.05, 4.69) is 5.32 Å². The molecule has 0 aromatic heterocycles. The largest absolute Gasteiger partial charge is 0.492 e. The monoisotopic (exact) mass is 377 g/mol. The van der Waals surface area contributed by atoms with Crippen molar-refractivity contribution in [1.82, 2.24) is 5.32 Å². The molecule has 140 valence electrons. The summed E-state index contributed by atoms with van der Waals surface area (Å²) in [7, 11) is 0. The van der Waals surface area contributed by atoms with Crippen molar-refractivity contribution in [2.24, 2.45) is 11.7 Å². The second kappa shape index (κ2) is 8.96. The van der Waals surface area contributed by atoms with E-state index < -0.39 is 30.8 Å². The van der Waals surface area contributed by atoms with Gasteiger partial charge in [-0.25, -0.2) is 8.78 Å². The molecule has 1 saturated heterocycles. The molecule has 25 heavy (non-hydrogen) atoms. The summed E-state index contributed by atoms with van der Waals surface area (Å²) in [5, 5.41) is 2.17. The number of carbonyl (C=O) groups excluding carboxylic acids is 2. The van der Waals surface area contributed by atoms with Crippen molar-refractivity contribution in [3.05, 3.63) is 24.3 Å². The highest BCUT2D eigenvalue weighted by atomic mass is 35.5. The number of carbonyl (C=O) groups is 2. The maximum Gasteiger partial charge on any atom is 0.277 e. The second-order valence-corrected chi connectivity index (χ2v) is 5.58. The number of hydrogen-bond donors (Lipinski definition) is 2. The minimum Gasteiger partial charge on any atom is -0.492 e. The Bertz CT molecular complexity index is 616. The maximum absolute atomic E-state index is 13.1. The molecule has 0 spiro atoms. The molecule has 1 heterocycles. The van der Waals surface area contributed by atoms with Crippen molar-refractivity contribution in [1.29, 1.82) is 0 Å². The number of amides is 2. The first-order chi connectivity index (χ1) is 11.4. The van der Waals surface area contributed by atoms with Gasteiger partial charge in [-0.15, -0.1) is 12.4 Å². The molecule has 2 amide bonds. The molecule has 2 rings (SSSR count). The van der Waals surface area contributed by atoms with Gasteiger partial charge in [0.15, 0.2) is 0 Å². The molecule has 0 saturated carbocycles. The number of anilines is 1. The van der Waals surface area contributed by atoms with Gasteiger partial charge in [0.25, 0.3) is 5.92 Å². The summed E-state index contributed by atoms with van der Waals surface area (Å²) in [5.74, 6) is -4.11. The SMILES string of the molecule is CCOc1ccccc1N1CC(C(=O)NCC(F)(F)CN)CC1=O.Cl. The first-order valence-electron chi connectivity index (χ1n) is 7.75. The van der Waals surface area contributed by atoms with Gasteiger partial charge in [-0.3, -0.25) is 9.59 Å². The Morgan fingerprint density at radius 2 is 2.12 bits per heavy atom. The highest BCUT2D eigenvalue weighted by Crippen LogP contribution is 2.33. The van der Waals surface area contributed by atoms with Crippen LogP contribution in [0.1, 0.15) is 13.3 Å². The molecule has 6 nitrogen and oxygen atoms in total. The molecule has 1 aliphatic heterocycles. The van der Waals surface area contributed by atoms with Crippen LogP contribution in [0.25, 0.3) is 0 Å². The first kappa shape index (κ1) is 21.1. The number of benzene rings is 1. The zero-order chi connectivity index (χ0) is 17.7. The lowest BCUT2D eigenvalue weighted by Crippen LogP contribution is -2.44. The van der Waals surface area contributed by atoms with E-state index in [1.807, 2.05) is 6.92 Å². The van der Waals surface area contributed by atoms with E-state index in [4.69, 9.17) is 10.5 Å². The van der Waals surface area contributed by atoms with Crippen molar-refractivity contribution in [3.8, 4) is 5.75 Å². The van der Waals surface area contributed by atoms with E-state index in [0.717, 1.165) is 0 Å². The summed E-state index contributed by atoms with van der Waals surface area (Å²) < 4.78 is 31.7. The maximum atomic E-state index is 13.1. The van der Waals surface area contributed by atoms with Crippen LogP contribution in [-0.4, -0.2) is 44.0 Å². The van der Waals surface area contributed by atoms with E-state index in [0.29, 0.717) is 18.0 Å². The van der Waals surface area contributed by atoms with Gasteiger partial charge >= 0.3 is 0 Å². The summed E-state index contributed by atoms with van der Waals surface area (Å²) in [6, 6.07) is 7.02. The third kappa shape index (κ3) is 5.27. The molecule has 1 aliphatic rings. The Labute approximate surface area is 151 Å². The van der Waals surface area contributed by atoms with Gasteiger partial charge in [0.2, 0.25) is 11.8 Å². The lowest BCUT2D eigenvalue weighted by molar-refractivity contribution is -0.127. The highest BCUT2D eigenvalue weighted by Gasteiger charge is 2.37. The highest BCUT2D eigenvalue weighted by molar-refractivity contribution is 6.01. The predicted molar refractivity (Wildman–Crippen MR) is 92.3 cm³/mol. The molecule has 0 radical (unpaired) electrons. The summed E-state index contributed by atoms with van der Waals surface area (Å²) >= 11 is 0. The third-order valence-corrected chi connectivity index (χ3v) is 3.77. The van der Waals surface area contributed by atoms with Crippen LogP contribution in [0.5, 0.6) is 5.75 Å². The summed E-state index contributed by atoms with van der Waals surface area (Å²) in [6.07, 6.45) is -0.0273. The number of alkyl halides is 2. The molecule has 1 atom stereocenters. The smallest absolute Gasteiger partial charge is 0.277 e. The fourth-order valence-corrected chi connectivity index (χ4v) is 2.51. The fraction of sp³-hybridized carbons (Fsp3) is 0.500. The van der Waals surface area contributed by atoms with Crippen LogP contribution in [0, 0.1) is 5.92 Å². The van der Waals surface area contributed by atoms with Crippen molar-refractivity contribution in [2.75, 3.05) is 31.1 Å². The van der Waals surface area contributed by atoms with Gasteiger partial charge in [-0.1, -0.05) is 12.1 Å². The average molecular weight is 378 g/mol. The van der Waals surface area contributed by atoms with Crippen LogP contribution in [-0.2, 0) is 9.59 Å². The number of ether oxygens (including phenoxy) is 1. The van der Waals surface area contributed by atoms with Crippen LogP contribution in [0.15, 0.2) is 24.3 Å². The van der Waals surface area contributed by atoms with E-state index in [9.17, 15) is 18.4 Å². The van der Waals surface area contributed by atoms with Crippen LogP contribution < -0.4 is 20.7 Å². The van der Waals surface area contributed by atoms with Crippen LogP contribution in [0.4, 0.5) is 14.5 Å². The van der Waals surface area contributed by atoms with E-state index in [-0.39, 0.29) is 31.3 Å². The number of nitrogens with one attached hydrogen (secondary N) is 1. The molecule has 1 aromatic rings. The molecule has 9 heteroatoms. The zero-order valence-electron chi connectivity index (χ0n) is 13.8. The Morgan fingerprint density at radius 3 is 2.76 bits per heavy atom. The standard InChI is InChI=1S/C16H21F2N3O3.ClH/c1-2-24-13-6-4-3-5-12(13)21-8-11(7-14(21)22)15(23)20-10-16(17,18)9-19;/h3-6,11H,2,7-10,19H2,1H3,(H,20,23);1H. The zero-order valence-corrected chi connectivity index (χ0v) is 14.7. The molecule has 3 N–H and O–H groups in total. The van der Waals surface area contributed by atoms with Crippen LogP contribution >= 0.6 is 12.4 Å². The number of halogens is 3. The Kier molecular flexibility index (Phi) is 7.57. The van der Waals surface area contributed by atoms with Gasteiger partial charge in [-0.05, 0) is 19.1 Å². The molecular formula is C16H22ClF2N3O3. The average Bonchev–Trinajstić information content (AvgIpc) is 2.95. The topological polar surface area (TPSA) is 84.7 Å². The minimum atomic E-state index is -3.15. The summed E-state index contributed by atoms with van der Waals surface area (Å²) in [4.78, 5) is 25.7. The molecule has 0 aliphatic carbocycles. The third-order valence-electron chi connectivity index (χ3n) is 3.77. The fourth-order valence-electron chi connectivity index (χ4n) is 2.51. The number of nitrogens with two attached hydrogens (primary N) is 1. The minimum absolute atomic E-state index is 0. The molecule has 1 aromatic carbocycles. The van der Waals surface area contributed by atoms with Crippen molar-refractivity contribution < 1.29 is 23.1 Å². The molecule has 1 fully saturated rings. The summed E-state index contributed by atoms with van der Waals surface area (Å²) in [5.41, 5.74) is 5.51. The number of rotatable bonds is 7. The van der Waals surface area contributed by atoms with Crippen molar-refractivity contribution >= 4 is 29.9 Å². The Hall–Kier alpha value is -1.93. The van der Waals surface area contributed by atoms with Crippen LogP contribution in [0.2, 0.25) is 0 Å². The normalized spacial score (nSPS) is 17.2. The number of nitrogens with zero attached hydrogens (tertiary/aromatic N) is 1. The summed E-state index contributed by atoms with van der Waals surface area (Å²) in [6.45, 7) is 0.726. The van der Waals surface area contributed by atoms with Gasteiger partial charge in [0.1, 0.15) is 5.75 Å². The van der Waals surface area contributed by atoms with Crippen molar-refractivity contribution in [2.45, 2.75) is 19.3 Å². The molecule has 0 bridgehead atoms.